The van der Waals surface area contributed by atoms with Gasteiger partial charge < -0.3 is 10.2 Å². The van der Waals surface area contributed by atoms with Gasteiger partial charge in [0.25, 0.3) is 0 Å². The van der Waals surface area contributed by atoms with E-state index in [-0.39, 0.29) is 5.75 Å². The largest absolute Gasteiger partial charge is 0.508 e. The van der Waals surface area contributed by atoms with Gasteiger partial charge in [-0.1, -0.05) is 12.1 Å². The molecule has 3 rings (SSSR count). The summed E-state index contributed by atoms with van der Waals surface area (Å²) in [7, 11) is 0. The highest BCUT2D eigenvalue weighted by Gasteiger charge is 2.17. The first-order valence-corrected chi connectivity index (χ1v) is 5.83. The number of phenols is 1. The second-order valence-corrected chi connectivity index (χ2v) is 4.52. The normalized spacial score (nSPS) is 12.7. The molecule has 0 bridgehead atoms. The van der Waals surface area contributed by atoms with Crippen LogP contribution in [0.2, 0.25) is 0 Å². The lowest BCUT2D eigenvalue weighted by Crippen LogP contribution is -2.06. The third-order valence-electron chi connectivity index (χ3n) is 3.39. The van der Waals surface area contributed by atoms with Crippen LogP contribution in [-0.2, 0) is 12.8 Å². The van der Waals surface area contributed by atoms with Crippen molar-refractivity contribution in [2.45, 2.75) is 12.8 Å². The lowest BCUT2D eigenvalue weighted by Gasteiger charge is -2.20. The lowest BCUT2D eigenvalue weighted by atomic mass is 9.85. The van der Waals surface area contributed by atoms with E-state index in [0.717, 1.165) is 35.1 Å². The molecule has 0 amide bonds. The predicted molar refractivity (Wildman–Crippen MR) is 67.9 cm³/mol. The van der Waals surface area contributed by atoms with E-state index in [1.807, 2.05) is 12.1 Å². The molecule has 0 radical (unpaired) electrons. The summed E-state index contributed by atoms with van der Waals surface area (Å²) in [5, 5.41) is 18.5. The van der Waals surface area contributed by atoms with E-state index in [2.05, 4.69) is 0 Å². The summed E-state index contributed by atoms with van der Waals surface area (Å²) >= 11 is 0. The van der Waals surface area contributed by atoms with Crippen molar-refractivity contribution in [3.63, 3.8) is 0 Å². The number of aromatic hydroxyl groups is 1. The average molecular weight is 240 g/mol. The Morgan fingerprint density at radius 3 is 2.22 bits per heavy atom. The fraction of sp³-hybridized carbons (Fsp3) is 0.133. The van der Waals surface area contributed by atoms with Crippen LogP contribution in [0.4, 0.5) is 0 Å². The fourth-order valence-electron chi connectivity index (χ4n) is 2.52. The van der Waals surface area contributed by atoms with E-state index in [4.69, 9.17) is 5.11 Å². The van der Waals surface area contributed by atoms with Gasteiger partial charge in [0.15, 0.2) is 0 Å². The highest BCUT2D eigenvalue weighted by molar-refractivity contribution is 5.89. The minimum atomic E-state index is -0.894. The van der Waals surface area contributed by atoms with Crippen LogP contribution in [0.1, 0.15) is 21.5 Å². The first-order chi connectivity index (χ1) is 8.65. The Morgan fingerprint density at radius 2 is 1.56 bits per heavy atom. The molecule has 2 N–H and O–H groups in total. The number of aryl methyl sites for hydroxylation is 2. The molecule has 0 unspecified atom stereocenters. The Hall–Kier alpha value is -2.29. The molecule has 18 heavy (non-hydrogen) atoms. The maximum atomic E-state index is 10.9. The Balaban J connectivity index is 2.16. The molecule has 0 aromatic heterocycles. The Bertz CT molecular complexity index is 644. The van der Waals surface area contributed by atoms with Gasteiger partial charge in [-0.15, -0.1) is 0 Å². The summed E-state index contributed by atoms with van der Waals surface area (Å²) in [6.45, 7) is 0. The second-order valence-electron chi connectivity index (χ2n) is 4.52. The summed E-state index contributed by atoms with van der Waals surface area (Å²) in [5.41, 5.74) is 4.67. The highest BCUT2D eigenvalue weighted by Crippen LogP contribution is 2.35. The number of fused-ring (bicyclic) bond motifs is 3. The lowest BCUT2D eigenvalue weighted by molar-refractivity contribution is 0.0697. The summed E-state index contributed by atoms with van der Waals surface area (Å²) in [5.74, 6) is -0.617. The van der Waals surface area contributed by atoms with Crippen molar-refractivity contribution in [1.29, 1.82) is 0 Å². The number of rotatable bonds is 1. The molecule has 0 spiro atoms. The maximum absolute atomic E-state index is 10.9. The zero-order valence-corrected chi connectivity index (χ0v) is 9.68. The van der Waals surface area contributed by atoms with Gasteiger partial charge in [0.2, 0.25) is 0 Å². The van der Waals surface area contributed by atoms with Crippen LogP contribution in [0.5, 0.6) is 5.75 Å². The summed E-state index contributed by atoms with van der Waals surface area (Å²) in [6, 6.07) is 10.6. The van der Waals surface area contributed by atoms with E-state index in [0.29, 0.717) is 5.56 Å². The van der Waals surface area contributed by atoms with Crippen LogP contribution >= 0.6 is 0 Å². The van der Waals surface area contributed by atoms with Crippen LogP contribution in [0.3, 0.4) is 0 Å². The molecule has 3 nitrogen and oxygen atoms in total. The SMILES string of the molecule is O=C(O)c1ccc2c(c1)CCc1cc(O)ccc1-2. The molecule has 0 atom stereocenters. The third-order valence-corrected chi connectivity index (χ3v) is 3.39. The second kappa shape index (κ2) is 3.88. The Labute approximate surface area is 104 Å². The molecule has 0 heterocycles. The van der Waals surface area contributed by atoms with Gasteiger partial charge in [0, 0.05) is 0 Å². The fourth-order valence-corrected chi connectivity index (χ4v) is 2.52. The maximum Gasteiger partial charge on any atom is 0.335 e. The zero-order chi connectivity index (χ0) is 12.7. The van der Waals surface area contributed by atoms with Crippen LogP contribution < -0.4 is 0 Å². The number of hydrogen-bond acceptors (Lipinski definition) is 2. The molecule has 90 valence electrons. The zero-order valence-electron chi connectivity index (χ0n) is 9.68. The van der Waals surface area contributed by atoms with Gasteiger partial charge in [-0.3, -0.25) is 0 Å². The Kier molecular flexibility index (Phi) is 2.33. The number of carboxylic acid groups (broad SMARTS) is 1. The van der Waals surface area contributed by atoms with E-state index in [1.165, 1.54) is 0 Å². The third kappa shape index (κ3) is 1.64. The first-order valence-electron chi connectivity index (χ1n) is 5.83. The van der Waals surface area contributed by atoms with Gasteiger partial charge >= 0.3 is 5.97 Å². The number of aromatic carboxylic acids is 1. The van der Waals surface area contributed by atoms with Crippen molar-refractivity contribution in [2.75, 3.05) is 0 Å². The number of carbonyl (C=O) groups is 1. The summed E-state index contributed by atoms with van der Waals surface area (Å²) in [6.07, 6.45) is 1.65. The molecule has 2 aromatic rings. The van der Waals surface area contributed by atoms with Gasteiger partial charge in [0.1, 0.15) is 5.75 Å². The molecule has 0 saturated carbocycles. The molecule has 0 aliphatic heterocycles. The van der Waals surface area contributed by atoms with Crippen molar-refractivity contribution < 1.29 is 15.0 Å². The quantitative estimate of drug-likeness (QED) is 0.805. The van der Waals surface area contributed by atoms with Crippen LogP contribution in [0, 0.1) is 0 Å². The Morgan fingerprint density at radius 1 is 0.944 bits per heavy atom. The number of hydrogen-bond donors (Lipinski definition) is 2. The topological polar surface area (TPSA) is 57.5 Å². The number of benzene rings is 2. The van der Waals surface area contributed by atoms with Gasteiger partial charge in [-0.2, -0.15) is 0 Å². The first kappa shape index (κ1) is 10.8. The van der Waals surface area contributed by atoms with Gasteiger partial charge in [-0.25, -0.2) is 4.79 Å². The number of carboxylic acids is 1. The van der Waals surface area contributed by atoms with Crippen LogP contribution in [0.25, 0.3) is 11.1 Å². The van der Waals surface area contributed by atoms with Gasteiger partial charge in [0.05, 0.1) is 5.56 Å². The van der Waals surface area contributed by atoms with Gasteiger partial charge in [-0.05, 0) is 59.4 Å². The molecule has 1 aliphatic rings. The van der Waals surface area contributed by atoms with Crippen LogP contribution in [-0.4, -0.2) is 16.2 Å². The van der Waals surface area contributed by atoms with Crippen molar-refractivity contribution >= 4 is 5.97 Å². The molecule has 0 saturated heterocycles. The van der Waals surface area contributed by atoms with Crippen molar-refractivity contribution in [3.05, 3.63) is 53.1 Å². The predicted octanol–water partition coefficient (Wildman–Crippen LogP) is 2.86. The molecular formula is C15H12O3. The monoisotopic (exact) mass is 240 g/mol. The summed E-state index contributed by atoms with van der Waals surface area (Å²) in [4.78, 5) is 10.9. The number of phenolic OH excluding ortho intramolecular Hbond substituents is 1. The molecule has 1 aliphatic carbocycles. The summed E-state index contributed by atoms with van der Waals surface area (Å²) < 4.78 is 0. The van der Waals surface area contributed by atoms with Crippen LogP contribution in [0.15, 0.2) is 36.4 Å². The van der Waals surface area contributed by atoms with Crippen molar-refractivity contribution in [2.24, 2.45) is 0 Å². The standard InChI is InChI=1S/C15H12O3/c16-12-4-6-14-10(8-12)2-1-9-7-11(15(17)18)3-5-13(9)14/h3-8,16H,1-2H2,(H,17,18). The minimum Gasteiger partial charge on any atom is -0.508 e. The van der Waals surface area contributed by atoms with E-state index >= 15 is 0 Å². The van der Waals surface area contributed by atoms with Crippen molar-refractivity contribution in [1.82, 2.24) is 0 Å². The molecule has 2 aromatic carbocycles. The minimum absolute atomic E-state index is 0.277. The highest BCUT2D eigenvalue weighted by atomic mass is 16.4. The molecule has 3 heteroatoms. The smallest absolute Gasteiger partial charge is 0.335 e. The average Bonchev–Trinajstić information content (AvgIpc) is 2.37. The van der Waals surface area contributed by atoms with Crippen molar-refractivity contribution in [3.8, 4) is 16.9 Å². The van der Waals surface area contributed by atoms with E-state index in [9.17, 15) is 9.90 Å². The van der Waals surface area contributed by atoms with E-state index < -0.39 is 5.97 Å². The molecule has 0 fully saturated rings. The van der Waals surface area contributed by atoms with E-state index in [1.54, 1.807) is 24.3 Å². The molecular weight excluding hydrogens is 228 g/mol.